The van der Waals surface area contributed by atoms with Crippen molar-refractivity contribution in [3.05, 3.63) is 38.4 Å². The Morgan fingerprint density at radius 2 is 2.25 bits per heavy atom. The molecule has 0 spiro atoms. The van der Waals surface area contributed by atoms with Crippen molar-refractivity contribution in [3.63, 3.8) is 0 Å². The number of carbonyl (C=O) groups is 1. The summed E-state index contributed by atoms with van der Waals surface area (Å²) in [5, 5.41) is 8.71. The highest BCUT2D eigenvalue weighted by atomic mass is 79.9. The standard InChI is InChI=1S/C13H15BrN4OS/c1-7-6-20-13(17-7)8(2)18-12(19)10-4-9(14)5-16-11(10)15-3/h4-6,8H,1-3H3,(H,15,16)(H,18,19). The molecular formula is C13H15BrN4OS. The smallest absolute Gasteiger partial charge is 0.255 e. The van der Waals surface area contributed by atoms with Crippen LogP contribution in [-0.4, -0.2) is 22.9 Å². The van der Waals surface area contributed by atoms with Crippen LogP contribution < -0.4 is 10.6 Å². The van der Waals surface area contributed by atoms with Gasteiger partial charge in [0.2, 0.25) is 0 Å². The van der Waals surface area contributed by atoms with Crippen LogP contribution in [-0.2, 0) is 0 Å². The van der Waals surface area contributed by atoms with E-state index in [1.165, 1.54) is 0 Å². The summed E-state index contributed by atoms with van der Waals surface area (Å²) in [4.78, 5) is 20.9. The number of aryl methyl sites for hydroxylation is 1. The summed E-state index contributed by atoms with van der Waals surface area (Å²) >= 11 is 4.87. The van der Waals surface area contributed by atoms with Crippen molar-refractivity contribution in [3.8, 4) is 0 Å². The number of hydrogen-bond donors (Lipinski definition) is 2. The van der Waals surface area contributed by atoms with E-state index in [1.807, 2.05) is 19.2 Å². The second kappa shape index (κ2) is 6.32. The van der Waals surface area contributed by atoms with Crippen molar-refractivity contribution >= 4 is 39.0 Å². The molecule has 0 aromatic carbocycles. The maximum atomic E-state index is 12.3. The molecule has 106 valence electrons. The molecule has 2 aromatic rings. The zero-order valence-corrected chi connectivity index (χ0v) is 13.8. The molecule has 7 heteroatoms. The van der Waals surface area contributed by atoms with Gasteiger partial charge in [0.15, 0.2) is 0 Å². The van der Waals surface area contributed by atoms with E-state index in [0.717, 1.165) is 15.2 Å². The average molecular weight is 355 g/mol. The van der Waals surface area contributed by atoms with E-state index in [1.54, 1.807) is 30.6 Å². The molecule has 2 rings (SSSR count). The Labute approximate surface area is 130 Å². The number of thiazole rings is 1. The summed E-state index contributed by atoms with van der Waals surface area (Å²) < 4.78 is 0.763. The number of amides is 1. The van der Waals surface area contributed by atoms with Crippen molar-refractivity contribution in [2.75, 3.05) is 12.4 Å². The Morgan fingerprint density at radius 1 is 1.50 bits per heavy atom. The first-order valence-corrected chi connectivity index (χ1v) is 7.74. The Bertz CT molecular complexity index is 629. The van der Waals surface area contributed by atoms with Gasteiger partial charge in [0.05, 0.1) is 11.6 Å². The van der Waals surface area contributed by atoms with E-state index in [2.05, 4.69) is 36.5 Å². The number of anilines is 1. The van der Waals surface area contributed by atoms with Gasteiger partial charge in [-0.2, -0.15) is 0 Å². The second-order valence-corrected chi connectivity index (χ2v) is 6.13. The Balaban J connectivity index is 2.18. The molecule has 0 saturated heterocycles. The van der Waals surface area contributed by atoms with Crippen LogP contribution in [0.1, 0.15) is 34.0 Å². The first-order valence-electron chi connectivity index (χ1n) is 6.07. The van der Waals surface area contributed by atoms with Gasteiger partial charge in [-0.1, -0.05) is 0 Å². The first-order chi connectivity index (χ1) is 9.51. The minimum Gasteiger partial charge on any atom is -0.372 e. The Morgan fingerprint density at radius 3 is 2.85 bits per heavy atom. The van der Waals surface area contributed by atoms with Crippen molar-refractivity contribution in [1.29, 1.82) is 0 Å². The zero-order valence-electron chi connectivity index (χ0n) is 11.4. The lowest BCUT2D eigenvalue weighted by molar-refractivity contribution is 0.0940. The predicted molar refractivity (Wildman–Crippen MR) is 84.2 cm³/mol. The van der Waals surface area contributed by atoms with Gasteiger partial charge < -0.3 is 10.6 Å². The van der Waals surface area contributed by atoms with Gasteiger partial charge in [-0.05, 0) is 35.8 Å². The fourth-order valence-corrected chi connectivity index (χ4v) is 2.85. The predicted octanol–water partition coefficient (Wildman–Crippen LogP) is 3.14. The summed E-state index contributed by atoms with van der Waals surface area (Å²) in [7, 11) is 1.74. The van der Waals surface area contributed by atoms with E-state index >= 15 is 0 Å². The van der Waals surface area contributed by atoms with Gasteiger partial charge in [0.25, 0.3) is 5.91 Å². The summed E-state index contributed by atoms with van der Waals surface area (Å²) in [6.45, 7) is 3.85. The fourth-order valence-electron chi connectivity index (χ4n) is 1.72. The number of carbonyl (C=O) groups excluding carboxylic acids is 1. The lowest BCUT2D eigenvalue weighted by Gasteiger charge is -2.13. The molecule has 0 fully saturated rings. The molecule has 0 aliphatic heterocycles. The van der Waals surface area contributed by atoms with Crippen molar-refractivity contribution in [1.82, 2.24) is 15.3 Å². The maximum Gasteiger partial charge on any atom is 0.255 e. The van der Waals surface area contributed by atoms with Gasteiger partial charge in [0, 0.05) is 28.8 Å². The topological polar surface area (TPSA) is 66.9 Å². The molecule has 0 aliphatic carbocycles. The second-order valence-electron chi connectivity index (χ2n) is 4.32. The van der Waals surface area contributed by atoms with Gasteiger partial charge in [-0.3, -0.25) is 4.79 Å². The van der Waals surface area contributed by atoms with Gasteiger partial charge >= 0.3 is 0 Å². The van der Waals surface area contributed by atoms with Crippen LogP contribution in [0.4, 0.5) is 5.82 Å². The number of aromatic nitrogens is 2. The molecule has 0 aliphatic rings. The molecule has 2 aromatic heterocycles. The third kappa shape index (κ3) is 3.34. The van der Waals surface area contributed by atoms with Gasteiger partial charge in [0.1, 0.15) is 10.8 Å². The maximum absolute atomic E-state index is 12.3. The third-order valence-corrected chi connectivity index (χ3v) is 4.27. The zero-order chi connectivity index (χ0) is 14.7. The molecule has 2 heterocycles. The largest absolute Gasteiger partial charge is 0.372 e. The molecule has 1 unspecified atom stereocenters. The highest BCUT2D eigenvalue weighted by Gasteiger charge is 2.17. The van der Waals surface area contributed by atoms with Crippen LogP contribution in [0.15, 0.2) is 22.1 Å². The number of halogens is 1. The van der Waals surface area contributed by atoms with Crippen LogP contribution in [0.5, 0.6) is 0 Å². The van der Waals surface area contributed by atoms with Crippen LogP contribution in [0.2, 0.25) is 0 Å². The normalized spacial score (nSPS) is 12.0. The molecule has 1 amide bonds. The molecular weight excluding hydrogens is 340 g/mol. The molecule has 0 bridgehead atoms. The Hall–Kier alpha value is -1.47. The summed E-state index contributed by atoms with van der Waals surface area (Å²) in [6.07, 6.45) is 1.65. The molecule has 1 atom stereocenters. The van der Waals surface area contributed by atoms with E-state index in [9.17, 15) is 4.79 Å². The van der Waals surface area contributed by atoms with Crippen LogP contribution in [0, 0.1) is 6.92 Å². The van der Waals surface area contributed by atoms with E-state index in [4.69, 9.17) is 0 Å². The van der Waals surface area contributed by atoms with Crippen molar-refractivity contribution in [2.24, 2.45) is 0 Å². The monoisotopic (exact) mass is 354 g/mol. The van der Waals surface area contributed by atoms with E-state index in [-0.39, 0.29) is 11.9 Å². The molecule has 2 N–H and O–H groups in total. The number of hydrogen-bond acceptors (Lipinski definition) is 5. The lowest BCUT2D eigenvalue weighted by atomic mass is 10.2. The molecule has 0 radical (unpaired) electrons. The molecule has 5 nitrogen and oxygen atoms in total. The molecule has 20 heavy (non-hydrogen) atoms. The average Bonchev–Trinajstić information content (AvgIpc) is 2.85. The fraction of sp³-hybridized carbons (Fsp3) is 0.308. The highest BCUT2D eigenvalue weighted by Crippen LogP contribution is 2.21. The SMILES string of the molecule is CNc1ncc(Br)cc1C(=O)NC(C)c1nc(C)cs1. The number of pyridine rings is 1. The number of nitrogens with one attached hydrogen (secondary N) is 2. The third-order valence-electron chi connectivity index (χ3n) is 2.69. The highest BCUT2D eigenvalue weighted by molar-refractivity contribution is 9.10. The molecule has 0 saturated carbocycles. The van der Waals surface area contributed by atoms with E-state index in [0.29, 0.717) is 11.4 Å². The summed E-state index contributed by atoms with van der Waals surface area (Å²) in [6, 6.07) is 1.61. The van der Waals surface area contributed by atoms with Crippen LogP contribution in [0.3, 0.4) is 0 Å². The minimum atomic E-state index is -0.177. The number of nitrogens with zero attached hydrogens (tertiary/aromatic N) is 2. The van der Waals surface area contributed by atoms with Gasteiger partial charge in [-0.15, -0.1) is 11.3 Å². The quantitative estimate of drug-likeness (QED) is 0.884. The Kier molecular flexibility index (Phi) is 4.72. The van der Waals surface area contributed by atoms with Crippen LogP contribution >= 0.6 is 27.3 Å². The van der Waals surface area contributed by atoms with E-state index < -0.39 is 0 Å². The van der Waals surface area contributed by atoms with Crippen molar-refractivity contribution in [2.45, 2.75) is 19.9 Å². The first kappa shape index (κ1) is 14.9. The van der Waals surface area contributed by atoms with Crippen molar-refractivity contribution < 1.29 is 4.79 Å². The summed E-state index contributed by atoms with van der Waals surface area (Å²) in [5.74, 6) is 0.372. The summed E-state index contributed by atoms with van der Waals surface area (Å²) in [5.41, 5.74) is 1.47. The van der Waals surface area contributed by atoms with Crippen LogP contribution in [0.25, 0.3) is 0 Å². The van der Waals surface area contributed by atoms with Gasteiger partial charge in [-0.25, -0.2) is 9.97 Å². The number of rotatable bonds is 4. The minimum absolute atomic E-state index is 0.134. The lowest BCUT2D eigenvalue weighted by Crippen LogP contribution is -2.27.